The first-order chi connectivity index (χ1) is 5.25. The lowest BCUT2D eigenvalue weighted by Gasteiger charge is -1.84. The summed E-state index contributed by atoms with van der Waals surface area (Å²) in [6.45, 7) is 0. The minimum atomic E-state index is 0.543. The van der Waals surface area contributed by atoms with Crippen LogP contribution in [0.1, 0.15) is 0 Å². The first-order valence-electron chi connectivity index (χ1n) is 2.90. The Kier molecular flexibility index (Phi) is 1.28. The number of nitrogens with two attached hydrogens (primary N) is 1. The molecular formula is C5H4BrN5. The molecule has 11 heavy (non-hydrogen) atoms. The number of nitrogen functional groups attached to an aromatic ring is 1. The second-order valence-electron chi connectivity index (χ2n) is 2.00. The molecular weight excluding hydrogens is 210 g/mol. The van der Waals surface area contributed by atoms with E-state index in [1.165, 1.54) is 0 Å². The lowest BCUT2D eigenvalue weighted by atomic mass is 10.4. The van der Waals surface area contributed by atoms with Crippen LogP contribution in [0.3, 0.4) is 0 Å². The van der Waals surface area contributed by atoms with Crippen molar-refractivity contribution in [2.75, 3.05) is 5.84 Å². The second-order valence-corrected chi connectivity index (χ2v) is 2.81. The molecule has 0 aliphatic heterocycles. The molecule has 2 aromatic heterocycles. The Morgan fingerprint density at radius 1 is 1.36 bits per heavy atom. The lowest BCUT2D eigenvalue weighted by molar-refractivity contribution is 0.718. The van der Waals surface area contributed by atoms with Crippen LogP contribution in [0, 0.1) is 0 Å². The van der Waals surface area contributed by atoms with Crippen molar-refractivity contribution in [1.82, 2.24) is 20.1 Å². The van der Waals surface area contributed by atoms with E-state index in [2.05, 4.69) is 31.1 Å². The van der Waals surface area contributed by atoms with Gasteiger partial charge in [-0.3, -0.25) is 0 Å². The molecule has 2 rings (SSSR count). The summed E-state index contributed by atoms with van der Waals surface area (Å²) in [7, 11) is 0. The molecule has 0 aliphatic carbocycles. The maximum atomic E-state index is 5.28. The van der Waals surface area contributed by atoms with Crippen molar-refractivity contribution in [1.29, 1.82) is 0 Å². The Morgan fingerprint density at radius 3 is 3.00 bits per heavy atom. The summed E-state index contributed by atoms with van der Waals surface area (Å²) in [5.41, 5.74) is 1.23. The molecule has 2 aromatic rings. The Labute approximate surface area is 70.3 Å². The van der Waals surface area contributed by atoms with Gasteiger partial charge in [0, 0.05) is 0 Å². The predicted molar refractivity (Wildman–Crippen MR) is 43.2 cm³/mol. The van der Waals surface area contributed by atoms with Gasteiger partial charge in [0.25, 0.3) is 0 Å². The average Bonchev–Trinajstić information content (AvgIpc) is 2.27. The predicted octanol–water partition coefficient (Wildman–Crippen LogP) is 0.303. The van der Waals surface area contributed by atoms with Crippen molar-refractivity contribution in [3.63, 3.8) is 0 Å². The summed E-state index contributed by atoms with van der Waals surface area (Å²) in [5, 5.41) is 7.67. The Balaban J connectivity index is 2.82. The van der Waals surface area contributed by atoms with Crippen LogP contribution in [0.4, 0.5) is 0 Å². The molecule has 0 fully saturated rings. The highest BCUT2D eigenvalue weighted by molar-refractivity contribution is 9.10. The Hall–Kier alpha value is -1.17. The van der Waals surface area contributed by atoms with E-state index in [1.807, 2.05) is 0 Å². The van der Waals surface area contributed by atoms with Gasteiger partial charge in [-0.05, 0) is 28.1 Å². The minimum absolute atomic E-state index is 0.543. The van der Waals surface area contributed by atoms with Gasteiger partial charge in [-0.2, -0.15) is 0 Å². The van der Waals surface area contributed by atoms with Crippen LogP contribution < -0.4 is 5.84 Å². The van der Waals surface area contributed by atoms with Crippen molar-refractivity contribution in [3.05, 3.63) is 16.7 Å². The Bertz CT molecular complexity index is 395. The van der Waals surface area contributed by atoms with Gasteiger partial charge in [-0.15, -0.1) is 10.2 Å². The fourth-order valence-electron chi connectivity index (χ4n) is 0.799. The van der Waals surface area contributed by atoms with E-state index in [1.54, 1.807) is 12.1 Å². The molecule has 0 amide bonds. The van der Waals surface area contributed by atoms with Gasteiger partial charge in [-0.1, -0.05) is 4.91 Å². The molecule has 0 aromatic carbocycles. The highest BCUT2D eigenvalue weighted by Gasteiger charge is 2.00. The summed E-state index contributed by atoms with van der Waals surface area (Å²) in [6.07, 6.45) is 0. The van der Waals surface area contributed by atoms with Crippen LogP contribution in [-0.4, -0.2) is 20.1 Å². The molecule has 0 unspecified atom stereocenters. The van der Waals surface area contributed by atoms with Gasteiger partial charge in [0.15, 0.2) is 0 Å². The molecule has 0 spiro atoms. The van der Waals surface area contributed by atoms with E-state index in [-0.39, 0.29) is 0 Å². The van der Waals surface area contributed by atoms with E-state index in [0.717, 1.165) is 9.51 Å². The van der Waals surface area contributed by atoms with Crippen LogP contribution in [0.2, 0.25) is 0 Å². The van der Waals surface area contributed by atoms with Crippen molar-refractivity contribution in [2.45, 2.75) is 0 Å². The summed E-state index contributed by atoms with van der Waals surface area (Å²) < 4.78 is 0.727. The molecule has 56 valence electrons. The average molecular weight is 214 g/mol. The standard InChI is InChI=1S/C5H4BrN5/c6-4-2-1-3-5(8-4)10-11(7)9-3/h1-2H,7H2. The van der Waals surface area contributed by atoms with Crippen molar-refractivity contribution in [3.8, 4) is 0 Å². The smallest absolute Gasteiger partial charge is 0.205 e. The van der Waals surface area contributed by atoms with Crippen LogP contribution in [0.25, 0.3) is 11.2 Å². The molecule has 0 bridgehead atoms. The molecule has 0 saturated heterocycles. The maximum absolute atomic E-state index is 5.28. The zero-order valence-electron chi connectivity index (χ0n) is 5.40. The number of hydrogen-bond donors (Lipinski definition) is 1. The topological polar surface area (TPSA) is 69.6 Å². The largest absolute Gasteiger partial charge is 0.306 e. The molecule has 0 saturated carbocycles. The quantitative estimate of drug-likeness (QED) is 0.505. The van der Waals surface area contributed by atoms with Crippen molar-refractivity contribution < 1.29 is 0 Å². The van der Waals surface area contributed by atoms with Crippen LogP contribution >= 0.6 is 15.9 Å². The fraction of sp³-hybridized carbons (Fsp3) is 0. The van der Waals surface area contributed by atoms with Gasteiger partial charge < -0.3 is 5.84 Å². The fourth-order valence-corrected chi connectivity index (χ4v) is 1.10. The summed E-state index contributed by atoms with van der Waals surface area (Å²) in [5.74, 6) is 5.28. The molecule has 0 atom stereocenters. The number of rotatable bonds is 0. The number of fused-ring (bicyclic) bond motifs is 1. The van der Waals surface area contributed by atoms with Crippen LogP contribution in [-0.2, 0) is 0 Å². The minimum Gasteiger partial charge on any atom is -0.306 e. The summed E-state index contributed by atoms with van der Waals surface area (Å²) in [4.78, 5) is 5.04. The third-order valence-corrected chi connectivity index (χ3v) is 1.67. The van der Waals surface area contributed by atoms with Gasteiger partial charge in [0.05, 0.1) is 0 Å². The molecule has 6 heteroatoms. The van der Waals surface area contributed by atoms with Crippen molar-refractivity contribution >= 4 is 27.1 Å². The zero-order chi connectivity index (χ0) is 7.84. The first kappa shape index (κ1) is 6.53. The van der Waals surface area contributed by atoms with E-state index in [4.69, 9.17) is 5.84 Å². The van der Waals surface area contributed by atoms with E-state index in [0.29, 0.717) is 11.2 Å². The monoisotopic (exact) mass is 213 g/mol. The number of halogens is 1. The SMILES string of the molecule is Nn1nc2ccc(Br)nc2n1. The number of aromatic nitrogens is 4. The lowest BCUT2D eigenvalue weighted by Crippen LogP contribution is -2.11. The maximum Gasteiger partial charge on any atom is 0.205 e. The third-order valence-electron chi connectivity index (χ3n) is 1.23. The summed E-state index contributed by atoms with van der Waals surface area (Å²) in [6, 6.07) is 3.58. The van der Waals surface area contributed by atoms with Gasteiger partial charge in [0.1, 0.15) is 10.1 Å². The van der Waals surface area contributed by atoms with Gasteiger partial charge in [0.2, 0.25) is 5.65 Å². The van der Waals surface area contributed by atoms with Gasteiger partial charge >= 0.3 is 0 Å². The number of nitrogens with zero attached hydrogens (tertiary/aromatic N) is 4. The van der Waals surface area contributed by atoms with E-state index >= 15 is 0 Å². The number of hydrogen-bond acceptors (Lipinski definition) is 4. The highest BCUT2D eigenvalue weighted by atomic mass is 79.9. The van der Waals surface area contributed by atoms with Crippen LogP contribution in [0.15, 0.2) is 16.7 Å². The zero-order valence-corrected chi connectivity index (χ0v) is 6.98. The Morgan fingerprint density at radius 2 is 2.18 bits per heavy atom. The second kappa shape index (κ2) is 2.16. The van der Waals surface area contributed by atoms with Crippen molar-refractivity contribution in [2.24, 2.45) is 0 Å². The molecule has 0 aliphatic rings. The van der Waals surface area contributed by atoms with Crippen LogP contribution in [0.5, 0.6) is 0 Å². The highest BCUT2D eigenvalue weighted by Crippen LogP contribution is 2.10. The molecule has 2 N–H and O–H groups in total. The normalized spacial score (nSPS) is 10.6. The molecule has 5 nitrogen and oxygen atoms in total. The third kappa shape index (κ3) is 1.05. The number of pyridine rings is 1. The van der Waals surface area contributed by atoms with Gasteiger partial charge in [-0.25, -0.2) is 4.98 Å². The molecule has 2 heterocycles. The molecule has 0 radical (unpaired) electrons. The first-order valence-corrected chi connectivity index (χ1v) is 3.70. The van der Waals surface area contributed by atoms with E-state index < -0.39 is 0 Å². The van der Waals surface area contributed by atoms with E-state index in [9.17, 15) is 0 Å². The summed E-state index contributed by atoms with van der Waals surface area (Å²) >= 11 is 3.21.